The highest BCUT2D eigenvalue weighted by atomic mass is 16.4. The van der Waals surface area contributed by atoms with Gasteiger partial charge in [0, 0.05) is 5.56 Å². The van der Waals surface area contributed by atoms with Crippen LogP contribution in [0.5, 0.6) is 5.75 Å². The molecule has 0 aliphatic rings. The summed E-state index contributed by atoms with van der Waals surface area (Å²) in [6.07, 6.45) is 0. The zero-order chi connectivity index (χ0) is 16.5. The summed E-state index contributed by atoms with van der Waals surface area (Å²) in [4.78, 5) is 21.5. The van der Waals surface area contributed by atoms with E-state index in [0.29, 0.717) is 11.1 Å². The molecule has 22 heavy (non-hydrogen) atoms. The third-order valence-electron chi connectivity index (χ3n) is 2.58. The lowest BCUT2D eigenvalue weighted by molar-refractivity contribution is -0.132. The Morgan fingerprint density at radius 1 is 1.00 bits per heavy atom. The van der Waals surface area contributed by atoms with Crippen molar-refractivity contribution in [1.29, 1.82) is 5.26 Å². The lowest BCUT2D eigenvalue weighted by atomic mass is 10.0. The maximum Gasteiger partial charge on any atom is 0.345 e. The van der Waals surface area contributed by atoms with Crippen LogP contribution in [0.2, 0.25) is 0 Å². The number of aromatic hydroxyl groups is 1. The van der Waals surface area contributed by atoms with E-state index in [1.54, 1.807) is 42.5 Å². The predicted molar refractivity (Wildman–Crippen MR) is 80.4 cm³/mol. The van der Waals surface area contributed by atoms with E-state index in [0.717, 1.165) is 0 Å². The molecule has 2 aromatic rings. The van der Waals surface area contributed by atoms with E-state index in [1.165, 1.54) is 12.1 Å². The normalized spacial score (nSPS) is 8.86. The van der Waals surface area contributed by atoms with E-state index in [2.05, 4.69) is 6.58 Å². The number of nitriles is 1. The number of benzene rings is 2. The molecule has 0 aromatic heterocycles. The average molecular weight is 295 g/mol. The van der Waals surface area contributed by atoms with Crippen molar-refractivity contribution in [1.82, 2.24) is 0 Å². The Morgan fingerprint density at radius 2 is 1.55 bits per heavy atom. The SMILES string of the molecule is C=C(C#N)C(=O)O.O=C(c1ccccc1)c1ccccc1O. The molecule has 0 amide bonds. The Bertz CT molecular complexity index is 730. The number of para-hydroxylation sites is 1. The van der Waals surface area contributed by atoms with E-state index >= 15 is 0 Å². The molecule has 0 aliphatic carbocycles. The molecule has 2 aromatic carbocycles. The van der Waals surface area contributed by atoms with Gasteiger partial charge >= 0.3 is 5.97 Å². The molecule has 0 bridgehead atoms. The number of rotatable bonds is 3. The van der Waals surface area contributed by atoms with E-state index in [-0.39, 0.29) is 11.5 Å². The summed E-state index contributed by atoms with van der Waals surface area (Å²) in [5.41, 5.74) is 0.489. The average Bonchev–Trinajstić information content (AvgIpc) is 2.55. The molecule has 0 saturated heterocycles. The molecule has 0 aliphatic heterocycles. The fraction of sp³-hybridized carbons (Fsp3) is 0. The van der Waals surface area contributed by atoms with Gasteiger partial charge in [0.1, 0.15) is 17.4 Å². The van der Waals surface area contributed by atoms with Gasteiger partial charge in [-0.3, -0.25) is 4.79 Å². The molecule has 2 N–H and O–H groups in total. The van der Waals surface area contributed by atoms with Crippen molar-refractivity contribution in [3.63, 3.8) is 0 Å². The molecular formula is C17H13NO4. The lowest BCUT2D eigenvalue weighted by Gasteiger charge is -2.02. The highest BCUT2D eigenvalue weighted by Crippen LogP contribution is 2.19. The first-order chi connectivity index (χ1) is 10.5. The van der Waals surface area contributed by atoms with Gasteiger partial charge < -0.3 is 10.2 Å². The Morgan fingerprint density at radius 3 is 2.00 bits per heavy atom. The number of hydrogen-bond donors (Lipinski definition) is 2. The van der Waals surface area contributed by atoms with Crippen molar-refractivity contribution in [2.45, 2.75) is 0 Å². The third-order valence-corrected chi connectivity index (χ3v) is 2.58. The van der Waals surface area contributed by atoms with Gasteiger partial charge in [-0.15, -0.1) is 0 Å². The molecule has 0 spiro atoms. The number of aliphatic carboxylic acids is 1. The number of carboxylic acid groups (broad SMARTS) is 1. The summed E-state index contributed by atoms with van der Waals surface area (Å²) in [6.45, 7) is 2.91. The first-order valence-electron chi connectivity index (χ1n) is 6.17. The van der Waals surface area contributed by atoms with Gasteiger partial charge in [0.2, 0.25) is 0 Å². The summed E-state index contributed by atoms with van der Waals surface area (Å²) in [5, 5.41) is 25.2. The molecule has 110 valence electrons. The number of nitrogens with zero attached hydrogens (tertiary/aromatic N) is 1. The zero-order valence-electron chi connectivity index (χ0n) is 11.6. The van der Waals surface area contributed by atoms with Gasteiger partial charge in [-0.2, -0.15) is 5.26 Å². The number of phenolic OH excluding ortho intramolecular Hbond substituents is 1. The van der Waals surface area contributed by atoms with Crippen LogP contribution in [0.1, 0.15) is 15.9 Å². The first kappa shape index (κ1) is 16.7. The summed E-state index contributed by atoms with van der Waals surface area (Å²) < 4.78 is 0. The van der Waals surface area contributed by atoms with Gasteiger partial charge in [-0.05, 0) is 12.1 Å². The topological polar surface area (TPSA) is 98.4 Å². The van der Waals surface area contributed by atoms with Crippen molar-refractivity contribution >= 4 is 11.8 Å². The van der Waals surface area contributed by atoms with Crippen LogP contribution in [0.4, 0.5) is 0 Å². The zero-order valence-corrected chi connectivity index (χ0v) is 11.6. The molecule has 0 unspecified atom stereocenters. The third kappa shape index (κ3) is 4.62. The number of hydrogen-bond acceptors (Lipinski definition) is 4. The van der Waals surface area contributed by atoms with Crippen LogP contribution in [0, 0.1) is 11.3 Å². The minimum absolute atomic E-state index is 0.0198. The Kier molecular flexibility index (Phi) is 6.08. The number of carboxylic acids is 1. The molecular weight excluding hydrogens is 282 g/mol. The van der Waals surface area contributed by atoms with Crippen LogP contribution in [0.25, 0.3) is 0 Å². The fourth-order valence-electron chi connectivity index (χ4n) is 1.46. The summed E-state index contributed by atoms with van der Waals surface area (Å²) in [7, 11) is 0. The van der Waals surface area contributed by atoms with Crippen LogP contribution in [0.15, 0.2) is 66.7 Å². The van der Waals surface area contributed by atoms with E-state index in [4.69, 9.17) is 10.4 Å². The van der Waals surface area contributed by atoms with E-state index in [1.807, 2.05) is 6.07 Å². The predicted octanol–water partition coefficient (Wildman–Crippen LogP) is 2.77. The molecule has 0 atom stereocenters. The van der Waals surface area contributed by atoms with Gasteiger partial charge in [0.25, 0.3) is 0 Å². The standard InChI is InChI=1S/C13H10O2.C4H3NO2/c14-12-9-5-4-8-11(12)13(15)10-6-2-1-3-7-10;1-3(2-5)4(6)7/h1-9,14H;1H2,(H,6,7). The molecule has 2 rings (SSSR count). The summed E-state index contributed by atoms with van der Waals surface area (Å²) in [5.74, 6) is -1.40. The molecule has 0 fully saturated rings. The van der Waals surface area contributed by atoms with E-state index in [9.17, 15) is 14.7 Å². The molecule has 5 nitrogen and oxygen atoms in total. The van der Waals surface area contributed by atoms with Crippen molar-refractivity contribution in [2.75, 3.05) is 0 Å². The largest absolute Gasteiger partial charge is 0.507 e. The highest BCUT2D eigenvalue weighted by molar-refractivity contribution is 6.10. The Labute approximate surface area is 127 Å². The highest BCUT2D eigenvalue weighted by Gasteiger charge is 2.11. The first-order valence-corrected chi connectivity index (χ1v) is 6.17. The van der Waals surface area contributed by atoms with E-state index < -0.39 is 11.5 Å². The van der Waals surface area contributed by atoms with Crippen molar-refractivity contribution < 1.29 is 19.8 Å². The van der Waals surface area contributed by atoms with Crippen LogP contribution in [-0.2, 0) is 4.79 Å². The van der Waals surface area contributed by atoms with Crippen LogP contribution < -0.4 is 0 Å². The fourth-order valence-corrected chi connectivity index (χ4v) is 1.46. The summed E-state index contributed by atoms with van der Waals surface area (Å²) in [6, 6.07) is 16.8. The van der Waals surface area contributed by atoms with Gasteiger partial charge in [-0.25, -0.2) is 4.79 Å². The molecule has 0 heterocycles. The Balaban J connectivity index is 0.000000295. The quantitative estimate of drug-likeness (QED) is 0.515. The summed E-state index contributed by atoms with van der Waals surface area (Å²) >= 11 is 0. The lowest BCUT2D eigenvalue weighted by Crippen LogP contribution is -2.00. The van der Waals surface area contributed by atoms with Gasteiger partial charge in [0.15, 0.2) is 5.78 Å². The maximum absolute atomic E-state index is 11.9. The monoisotopic (exact) mass is 295 g/mol. The van der Waals surface area contributed by atoms with Gasteiger partial charge in [-0.1, -0.05) is 49.0 Å². The minimum atomic E-state index is -1.26. The van der Waals surface area contributed by atoms with Crippen molar-refractivity contribution in [2.24, 2.45) is 0 Å². The van der Waals surface area contributed by atoms with Crippen LogP contribution in [0.3, 0.4) is 0 Å². The van der Waals surface area contributed by atoms with Crippen molar-refractivity contribution in [3.8, 4) is 11.8 Å². The maximum atomic E-state index is 11.9. The van der Waals surface area contributed by atoms with Crippen LogP contribution in [-0.4, -0.2) is 22.0 Å². The van der Waals surface area contributed by atoms with Crippen molar-refractivity contribution in [3.05, 3.63) is 77.9 Å². The minimum Gasteiger partial charge on any atom is -0.507 e. The second-order valence-electron chi connectivity index (χ2n) is 4.11. The number of phenols is 1. The molecule has 0 radical (unpaired) electrons. The number of carbonyl (C=O) groups is 2. The number of carbonyl (C=O) groups excluding carboxylic acids is 1. The smallest absolute Gasteiger partial charge is 0.345 e. The second-order valence-corrected chi connectivity index (χ2v) is 4.11. The molecule has 5 heteroatoms. The molecule has 0 saturated carbocycles. The van der Waals surface area contributed by atoms with Crippen LogP contribution >= 0.6 is 0 Å². The second kappa shape index (κ2) is 8.02. The van der Waals surface area contributed by atoms with Gasteiger partial charge in [0.05, 0.1) is 5.56 Å². The Hall–Kier alpha value is -3.39. The number of ketones is 1.